The minimum absolute atomic E-state index is 0.184. The fourth-order valence-corrected chi connectivity index (χ4v) is 1.57. The van der Waals surface area contributed by atoms with Crippen LogP contribution in [0.25, 0.3) is 0 Å². The first-order chi connectivity index (χ1) is 8.36. The molecule has 0 heterocycles. The highest BCUT2D eigenvalue weighted by atomic mass is 16.5. The molecule has 2 N–H and O–H groups in total. The lowest BCUT2D eigenvalue weighted by molar-refractivity contribution is 0.238. The molecular formula is C15H25NO2. The molecule has 0 aliphatic carbocycles. The van der Waals surface area contributed by atoms with Crippen LogP contribution in [-0.2, 0) is 6.54 Å². The molecule has 0 aliphatic rings. The van der Waals surface area contributed by atoms with Crippen LogP contribution in [0, 0.1) is 11.3 Å². The molecule has 0 amide bonds. The molecule has 3 heteroatoms. The molecule has 0 aliphatic heterocycles. The molecule has 0 saturated heterocycles. The molecule has 102 valence electrons. The molecule has 0 fully saturated rings. The number of phenolic OH excluding ortho intramolecular Hbond substituents is 1. The van der Waals surface area contributed by atoms with Crippen molar-refractivity contribution in [2.75, 3.05) is 13.7 Å². The average Bonchev–Trinajstić information content (AvgIpc) is 2.31. The van der Waals surface area contributed by atoms with Crippen molar-refractivity contribution in [1.29, 1.82) is 0 Å². The number of phenols is 1. The summed E-state index contributed by atoms with van der Waals surface area (Å²) in [5.41, 5.74) is 1.39. The summed E-state index contributed by atoms with van der Waals surface area (Å²) >= 11 is 0. The van der Waals surface area contributed by atoms with E-state index in [9.17, 15) is 5.11 Å². The molecule has 0 bridgehead atoms. The van der Waals surface area contributed by atoms with Gasteiger partial charge in [-0.25, -0.2) is 0 Å². The number of hydrogen-bond donors (Lipinski definition) is 2. The normalized spacial score (nSPS) is 11.9. The van der Waals surface area contributed by atoms with E-state index in [0.717, 1.165) is 18.7 Å². The van der Waals surface area contributed by atoms with Crippen molar-refractivity contribution >= 4 is 0 Å². The highest BCUT2D eigenvalue weighted by Gasteiger charge is 2.21. The van der Waals surface area contributed by atoms with Gasteiger partial charge in [0.2, 0.25) is 0 Å². The topological polar surface area (TPSA) is 41.5 Å². The van der Waals surface area contributed by atoms with Gasteiger partial charge >= 0.3 is 0 Å². The van der Waals surface area contributed by atoms with E-state index >= 15 is 0 Å². The van der Waals surface area contributed by atoms with Gasteiger partial charge in [-0.3, -0.25) is 0 Å². The van der Waals surface area contributed by atoms with E-state index in [2.05, 4.69) is 33.0 Å². The number of hydrogen-bond acceptors (Lipinski definition) is 3. The molecule has 18 heavy (non-hydrogen) atoms. The number of ether oxygens (including phenoxy) is 1. The molecule has 1 aromatic carbocycles. The van der Waals surface area contributed by atoms with Crippen molar-refractivity contribution in [3.8, 4) is 11.5 Å². The van der Waals surface area contributed by atoms with E-state index in [1.807, 2.05) is 12.1 Å². The van der Waals surface area contributed by atoms with Crippen LogP contribution in [0.3, 0.4) is 0 Å². The van der Waals surface area contributed by atoms with Gasteiger partial charge in [0.25, 0.3) is 0 Å². The predicted molar refractivity (Wildman–Crippen MR) is 75.0 cm³/mol. The summed E-state index contributed by atoms with van der Waals surface area (Å²) in [6.45, 7) is 10.8. The van der Waals surface area contributed by atoms with Crippen molar-refractivity contribution in [1.82, 2.24) is 5.32 Å². The number of aromatic hydroxyl groups is 1. The maximum atomic E-state index is 9.52. The number of nitrogens with one attached hydrogen (secondary N) is 1. The molecule has 1 aromatic rings. The van der Waals surface area contributed by atoms with Gasteiger partial charge in [-0.2, -0.15) is 0 Å². The molecular weight excluding hydrogens is 226 g/mol. The Hall–Kier alpha value is -1.22. The molecule has 0 spiro atoms. The standard InChI is InChI=1S/C15H25NO2/c1-11(2)15(3,4)10-16-9-12-6-7-13(17)14(8-12)18-5/h6-8,11,16-17H,9-10H2,1-5H3. The van der Waals surface area contributed by atoms with E-state index in [1.165, 1.54) is 0 Å². The fourth-order valence-electron chi connectivity index (χ4n) is 1.57. The minimum Gasteiger partial charge on any atom is -0.504 e. The van der Waals surface area contributed by atoms with Crippen LogP contribution in [-0.4, -0.2) is 18.8 Å². The third-order valence-corrected chi connectivity index (χ3v) is 3.72. The second-order valence-corrected chi connectivity index (χ2v) is 5.75. The Morgan fingerprint density at radius 2 is 2.00 bits per heavy atom. The molecule has 0 saturated carbocycles. The maximum absolute atomic E-state index is 9.52. The van der Waals surface area contributed by atoms with Crippen LogP contribution in [0.5, 0.6) is 11.5 Å². The summed E-state index contributed by atoms with van der Waals surface area (Å²) in [7, 11) is 1.56. The van der Waals surface area contributed by atoms with Gasteiger partial charge in [-0.1, -0.05) is 33.8 Å². The van der Waals surface area contributed by atoms with Gasteiger partial charge in [0, 0.05) is 13.1 Å². The van der Waals surface area contributed by atoms with Gasteiger partial charge in [-0.15, -0.1) is 0 Å². The van der Waals surface area contributed by atoms with Crippen LogP contribution in [0.15, 0.2) is 18.2 Å². The van der Waals surface area contributed by atoms with Crippen molar-refractivity contribution in [3.63, 3.8) is 0 Å². The van der Waals surface area contributed by atoms with Gasteiger partial charge in [0.05, 0.1) is 7.11 Å². The van der Waals surface area contributed by atoms with Gasteiger partial charge < -0.3 is 15.2 Å². The molecule has 1 rings (SSSR count). The van der Waals surface area contributed by atoms with Crippen LogP contribution in [0.2, 0.25) is 0 Å². The van der Waals surface area contributed by atoms with E-state index < -0.39 is 0 Å². The van der Waals surface area contributed by atoms with E-state index in [4.69, 9.17) is 4.74 Å². The van der Waals surface area contributed by atoms with E-state index in [1.54, 1.807) is 13.2 Å². The zero-order valence-electron chi connectivity index (χ0n) is 12.1. The zero-order valence-corrected chi connectivity index (χ0v) is 12.1. The van der Waals surface area contributed by atoms with Crippen molar-refractivity contribution in [3.05, 3.63) is 23.8 Å². The lowest BCUT2D eigenvalue weighted by atomic mass is 9.81. The van der Waals surface area contributed by atoms with E-state index in [-0.39, 0.29) is 11.2 Å². The first-order valence-electron chi connectivity index (χ1n) is 6.43. The largest absolute Gasteiger partial charge is 0.504 e. The highest BCUT2D eigenvalue weighted by Crippen LogP contribution is 2.27. The second-order valence-electron chi connectivity index (χ2n) is 5.75. The summed E-state index contributed by atoms with van der Waals surface area (Å²) in [5, 5.41) is 13.0. The third kappa shape index (κ3) is 3.91. The summed E-state index contributed by atoms with van der Waals surface area (Å²) in [6, 6.07) is 5.45. The second kappa shape index (κ2) is 6.10. The maximum Gasteiger partial charge on any atom is 0.160 e. The van der Waals surface area contributed by atoms with Gasteiger partial charge in [0.1, 0.15) is 0 Å². The van der Waals surface area contributed by atoms with Crippen LogP contribution >= 0.6 is 0 Å². The Morgan fingerprint density at radius 3 is 2.56 bits per heavy atom. The van der Waals surface area contributed by atoms with Crippen LogP contribution in [0.1, 0.15) is 33.3 Å². The number of methoxy groups -OCH3 is 1. The van der Waals surface area contributed by atoms with E-state index in [0.29, 0.717) is 11.7 Å². The minimum atomic E-state index is 0.184. The third-order valence-electron chi connectivity index (χ3n) is 3.72. The number of benzene rings is 1. The number of rotatable bonds is 6. The summed E-state index contributed by atoms with van der Waals surface area (Å²) in [6.07, 6.45) is 0. The Labute approximate surface area is 110 Å². The Kier molecular flexibility index (Phi) is 5.03. The first kappa shape index (κ1) is 14.8. The predicted octanol–water partition coefficient (Wildman–Crippen LogP) is 3.17. The van der Waals surface area contributed by atoms with Gasteiger partial charge in [-0.05, 0) is 29.0 Å². The Bertz CT molecular complexity index is 386. The first-order valence-corrected chi connectivity index (χ1v) is 6.43. The Morgan fingerprint density at radius 1 is 1.33 bits per heavy atom. The average molecular weight is 251 g/mol. The molecule has 3 nitrogen and oxygen atoms in total. The van der Waals surface area contributed by atoms with Gasteiger partial charge in [0.15, 0.2) is 11.5 Å². The zero-order chi connectivity index (χ0) is 13.8. The quantitative estimate of drug-likeness (QED) is 0.816. The Balaban J connectivity index is 2.54. The summed E-state index contributed by atoms with van der Waals surface area (Å²) < 4.78 is 5.09. The highest BCUT2D eigenvalue weighted by molar-refractivity contribution is 5.41. The van der Waals surface area contributed by atoms with Crippen LogP contribution in [0.4, 0.5) is 0 Å². The smallest absolute Gasteiger partial charge is 0.160 e. The molecule has 0 aromatic heterocycles. The lowest BCUT2D eigenvalue weighted by Crippen LogP contribution is -2.33. The summed E-state index contributed by atoms with van der Waals surface area (Å²) in [5.74, 6) is 1.35. The monoisotopic (exact) mass is 251 g/mol. The lowest BCUT2D eigenvalue weighted by Gasteiger charge is -2.29. The fraction of sp³-hybridized carbons (Fsp3) is 0.600. The van der Waals surface area contributed by atoms with Crippen molar-refractivity contribution in [2.45, 2.75) is 34.2 Å². The summed E-state index contributed by atoms with van der Waals surface area (Å²) in [4.78, 5) is 0. The SMILES string of the molecule is COc1cc(CNCC(C)(C)C(C)C)ccc1O. The van der Waals surface area contributed by atoms with Crippen molar-refractivity contribution in [2.24, 2.45) is 11.3 Å². The van der Waals surface area contributed by atoms with Crippen molar-refractivity contribution < 1.29 is 9.84 Å². The van der Waals surface area contributed by atoms with Crippen LogP contribution < -0.4 is 10.1 Å². The molecule has 0 unspecified atom stereocenters. The molecule has 0 radical (unpaired) electrons. The molecule has 0 atom stereocenters.